The lowest BCUT2D eigenvalue weighted by atomic mass is 10.0. The van der Waals surface area contributed by atoms with Gasteiger partial charge in [-0.1, -0.05) is 10.3 Å². The molecule has 4 amide bonds. The summed E-state index contributed by atoms with van der Waals surface area (Å²) in [6, 6.07) is -2.30. The number of methoxy groups -OCH3 is 1. The van der Waals surface area contributed by atoms with E-state index in [1.165, 1.54) is 65.4 Å². The van der Waals surface area contributed by atoms with E-state index in [-0.39, 0.29) is 51.0 Å². The minimum Gasteiger partial charge on any atom is -0.477 e. The zero-order valence-electron chi connectivity index (χ0n) is 32.1. The van der Waals surface area contributed by atoms with Gasteiger partial charge >= 0.3 is 11.9 Å². The first-order chi connectivity index (χ1) is 28.3. The largest absolute Gasteiger partial charge is 0.477 e. The smallest absolute Gasteiger partial charge is 0.352 e. The fraction of sp³-hybridized carbons (Fsp3) is 0.471. The van der Waals surface area contributed by atoms with Gasteiger partial charge in [0.05, 0.1) is 33.8 Å². The van der Waals surface area contributed by atoms with Crippen molar-refractivity contribution in [3.05, 3.63) is 44.7 Å². The third kappa shape index (κ3) is 8.20. The van der Waals surface area contributed by atoms with E-state index >= 15 is 0 Å². The molecule has 0 unspecified atom stereocenters. The summed E-state index contributed by atoms with van der Waals surface area (Å²) in [6.45, 7) is 2.56. The fourth-order valence-corrected chi connectivity index (χ4v) is 11.3. The number of fused-ring (bicyclic) bond motifs is 1. The van der Waals surface area contributed by atoms with Crippen LogP contribution in [0, 0.1) is 0 Å². The minimum absolute atomic E-state index is 0.0231. The summed E-state index contributed by atoms with van der Waals surface area (Å²) in [5, 5.41) is 28.2. The number of hydrogen-bond donors (Lipinski definition) is 5. The summed E-state index contributed by atoms with van der Waals surface area (Å²) in [6.07, 6.45) is 2.13. The summed E-state index contributed by atoms with van der Waals surface area (Å²) >= 11 is 4.81. The molecule has 2 fully saturated rings. The zero-order valence-corrected chi connectivity index (χ0v) is 35.3. The Kier molecular flexibility index (Phi) is 12.2. The van der Waals surface area contributed by atoms with Crippen molar-refractivity contribution in [2.24, 2.45) is 10.3 Å². The molecule has 2 aromatic heterocycles. The monoisotopic (exact) mass is 890 g/mol. The standard InChI is InChI=1S/C34H39N11O10S4/c1-45(7-5-6-8-45)10-16-12-57-30-23(29(49)44(30)24(16)31(50)51)39-26(47)21(42-55-4)18-14-59-34(37-18)43-9-15-11-56-27(40-19(15)28(43)48)22(32(52)53-2)38-25(46)20(41-54-3)17-13-58-33(35)36-17/h13-14,22-23,27,30,40H,5-12H2,1-4H3,(H4-,35,36,38,39,46,47,50,51)/p+1/b41-20-,42-21-/t22-,23+,27+,30+/m0/s1. The van der Waals surface area contributed by atoms with Crippen LogP contribution in [-0.2, 0) is 43.2 Å². The molecule has 0 aromatic carbocycles. The number of β-lactam (4-membered cyclic amide) rings is 1. The number of carbonyl (C=O) groups is 6. The van der Waals surface area contributed by atoms with Gasteiger partial charge in [0.25, 0.3) is 23.6 Å². The first-order valence-corrected chi connectivity index (χ1v) is 21.9. The van der Waals surface area contributed by atoms with Gasteiger partial charge in [0.15, 0.2) is 27.7 Å². The Morgan fingerprint density at radius 3 is 2.34 bits per heavy atom. The summed E-state index contributed by atoms with van der Waals surface area (Å²) in [5.74, 6) is -3.83. The molecule has 314 valence electrons. The molecule has 7 heterocycles. The molecule has 4 atom stereocenters. The molecule has 2 aromatic rings. The third-order valence-corrected chi connectivity index (χ3v) is 14.4. The number of quaternary nitrogens is 1. The molecule has 5 aliphatic rings. The Labute approximate surface area is 353 Å². The van der Waals surface area contributed by atoms with Crippen LogP contribution < -0.4 is 26.6 Å². The number of nitrogens with zero attached hydrogens (tertiary/aromatic N) is 7. The number of nitrogens with one attached hydrogen (secondary N) is 3. The number of likely N-dealkylation sites (N-methyl/N-ethyl adjacent to an activating group) is 1. The van der Waals surface area contributed by atoms with Gasteiger partial charge in [-0.3, -0.25) is 29.0 Å². The number of anilines is 2. The van der Waals surface area contributed by atoms with Crippen molar-refractivity contribution in [1.29, 1.82) is 0 Å². The van der Waals surface area contributed by atoms with Gasteiger partial charge in [0, 0.05) is 40.7 Å². The summed E-state index contributed by atoms with van der Waals surface area (Å²) in [4.78, 5) is 101. The zero-order chi connectivity index (χ0) is 42.2. The van der Waals surface area contributed by atoms with Crippen molar-refractivity contribution in [3.8, 4) is 0 Å². The summed E-state index contributed by atoms with van der Waals surface area (Å²) in [5.41, 5.74) is 7.06. The highest BCUT2D eigenvalue weighted by atomic mass is 32.2. The fourth-order valence-electron chi connectivity index (χ4n) is 7.43. The number of carboxylic acid groups (broad SMARTS) is 1. The molecule has 0 aliphatic carbocycles. The van der Waals surface area contributed by atoms with Gasteiger partial charge in [0.1, 0.15) is 60.3 Å². The van der Waals surface area contributed by atoms with Crippen molar-refractivity contribution in [2.75, 3.05) is 76.7 Å². The van der Waals surface area contributed by atoms with Crippen LogP contribution in [-0.4, -0.2) is 160 Å². The molecule has 25 heteroatoms. The minimum atomic E-state index is -1.28. The molecule has 0 saturated carbocycles. The average molecular weight is 891 g/mol. The number of amides is 4. The van der Waals surface area contributed by atoms with Crippen molar-refractivity contribution < 1.29 is 52.8 Å². The van der Waals surface area contributed by atoms with Crippen LogP contribution in [0.2, 0.25) is 0 Å². The molecule has 6 N–H and O–H groups in total. The first-order valence-electron chi connectivity index (χ1n) is 18.0. The first kappa shape index (κ1) is 41.9. The Morgan fingerprint density at radius 1 is 1.02 bits per heavy atom. The van der Waals surface area contributed by atoms with Crippen LogP contribution in [0.5, 0.6) is 0 Å². The number of ether oxygens (including phenoxy) is 1. The van der Waals surface area contributed by atoms with E-state index in [0.717, 1.165) is 53.1 Å². The second kappa shape index (κ2) is 17.2. The van der Waals surface area contributed by atoms with Crippen LogP contribution >= 0.6 is 46.2 Å². The molecular weight excluding hydrogens is 851 g/mol. The number of oxime groups is 2. The Morgan fingerprint density at radius 2 is 1.69 bits per heavy atom. The molecule has 2 saturated heterocycles. The second-order valence-electron chi connectivity index (χ2n) is 14.1. The number of aromatic nitrogens is 2. The van der Waals surface area contributed by atoms with Crippen LogP contribution in [0.25, 0.3) is 0 Å². The highest BCUT2D eigenvalue weighted by Crippen LogP contribution is 2.41. The Hall–Kier alpha value is -5.24. The van der Waals surface area contributed by atoms with Crippen LogP contribution in [0.15, 0.2) is 43.6 Å². The molecular formula is C34H40N11O10S4+. The lowest BCUT2D eigenvalue weighted by Crippen LogP contribution is -2.71. The van der Waals surface area contributed by atoms with E-state index in [9.17, 15) is 33.9 Å². The Balaban J connectivity index is 1.01. The lowest BCUT2D eigenvalue weighted by molar-refractivity contribution is -0.893. The number of carboxylic acids is 1. The SMILES string of the molecule is CO/N=C(\C(=O)N[C@H](C(=O)OC)[C@@H]1NC2=C(CS1)CN(c1nc(/C(=N/OC)C(=O)N[C@@H]3C(=O)N4C(C(=O)O)=C(C[N+]5(C)CCCC5)CS[C@H]34)cs1)C2=O)c1csc(N)n1. The maximum Gasteiger partial charge on any atom is 0.352 e. The van der Waals surface area contributed by atoms with Gasteiger partial charge in [-0.05, 0) is 5.57 Å². The number of esters is 1. The predicted octanol–water partition coefficient (Wildman–Crippen LogP) is -0.517. The van der Waals surface area contributed by atoms with Gasteiger partial charge in [-0.15, -0.1) is 46.2 Å². The van der Waals surface area contributed by atoms with Crippen LogP contribution in [0.3, 0.4) is 0 Å². The van der Waals surface area contributed by atoms with E-state index in [0.29, 0.717) is 29.2 Å². The van der Waals surface area contributed by atoms with Crippen molar-refractivity contribution in [3.63, 3.8) is 0 Å². The molecule has 0 spiro atoms. The molecule has 7 rings (SSSR count). The molecule has 0 radical (unpaired) electrons. The second-order valence-corrected chi connectivity index (χ2v) is 18.1. The van der Waals surface area contributed by atoms with Gasteiger partial charge in [-0.2, -0.15) is 0 Å². The normalized spacial score (nSPS) is 23.2. The van der Waals surface area contributed by atoms with Crippen LogP contribution in [0.4, 0.5) is 10.3 Å². The van der Waals surface area contributed by atoms with E-state index in [2.05, 4.69) is 43.3 Å². The number of nitrogen functional groups attached to an aromatic ring is 1. The predicted molar refractivity (Wildman–Crippen MR) is 218 cm³/mol. The van der Waals surface area contributed by atoms with E-state index in [1.807, 2.05) is 0 Å². The third-order valence-electron chi connectivity index (χ3n) is 10.2. The number of likely N-dealkylation sites (tertiary alicyclic amines) is 1. The van der Waals surface area contributed by atoms with E-state index in [1.54, 1.807) is 0 Å². The van der Waals surface area contributed by atoms with Crippen molar-refractivity contribution >= 4 is 103 Å². The van der Waals surface area contributed by atoms with Crippen molar-refractivity contribution in [1.82, 2.24) is 30.8 Å². The number of thioether (sulfide) groups is 2. The van der Waals surface area contributed by atoms with Crippen LogP contribution in [0.1, 0.15) is 24.2 Å². The highest BCUT2D eigenvalue weighted by molar-refractivity contribution is 8.00. The number of hydrogen-bond acceptors (Lipinski definition) is 19. The maximum atomic E-state index is 13.8. The topological polar surface area (TPSA) is 269 Å². The highest BCUT2D eigenvalue weighted by Gasteiger charge is 2.55. The van der Waals surface area contributed by atoms with Gasteiger partial charge < -0.3 is 45.7 Å². The maximum absolute atomic E-state index is 13.8. The Bertz CT molecular complexity index is 2210. The number of thiazole rings is 2. The number of carbonyl (C=O) groups excluding carboxylic acids is 5. The van der Waals surface area contributed by atoms with Crippen molar-refractivity contribution in [2.45, 2.75) is 35.7 Å². The lowest BCUT2D eigenvalue weighted by Gasteiger charge is -2.49. The van der Waals surface area contributed by atoms with E-state index < -0.39 is 58.4 Å². The van der Waals surface area contributed by atoms with Gasteiger partial charge in [0.2, 0.25) is 0 Å². The molecule has 21 nitrogen and oxygen atoms in total. The quantitative estimate of drug-likeness (QED) is 0.0525. The van der Waals surface area contributed by atoms with E-state index in [4.69, 9.17) is 20.1 Å². The summed E-state index contributed by atoms with van der Waals surface area (Å²) in [7, 11) is 5.76. The molecule has 59 heavy (non-hydrogen) atoms. The average Bonchev–Trinajstić information content (AvgIpc) is 4.04. The number of nitrogens with two attached hydrogens (primary N) is 1. The number of rotatable bonds is 14. The number of aliphatic carboxylic acids is 1. The van der Waals surface area contributed by atoms with Gasteiger partial charge in [-0.25, -0.2) is 19.6 Å². The summed E-state index contributed by atoms with van der Waals surface area (Å²) < 4.78 is 5.71. The molecule has 0 bridgehead atoms. The molecule has 5 aliphatic heterocycles.